The van der Waals surface area contributed by atoms with Crippen LogP contribution in [0.25, 0.3) is 0 Å². The summed E-state index contributed by atoms with van der Waals surface area (Å²) in [5, 5.41) is 13.8. The molecule has 0 bridgehead atoms. The van der Waals surface area contributed by atoms with Crippen molar-refractivity contribution in [2.24, 2.45) is 0 Å². The number of nitro groups is 1. The Balaban J connectivity index is 2.23. The molecule has 0 unspecified atom stereocenters. The van der Waals surface area contributed by atoms with Crippen molar-refractivity contribution in [2.45, 2.75) is 13.1 Å². The quantitative estimate of drug-likeness (QED) is 0.631. The molecule has 0 aliphatic rings. The van der Waals surface area contributed by atoms with Crippen LogP contribution in [0.1, 0.15) is 12.5 Å². The highest BCUT2D eigenvalue weighted by Crippen LogP contribution is 2.33. The van der Waals surface area contributed by atoms with Crippen molar-refractivity contribution in [3.8, 4) is 11.5 Å². The van der Waals surface area contributed by atoms with Crippen molar-refractivity contribution >= 4 is 11.4 Å². The van der Waals surface area contributed by atoms with Gasteiger partial charge in [0, 0.05) is 18.7 Å². The van der Waals surface area contributed by atoms with Gasteiger partial charge in [-0.3, -0.25) is 10.1 Å². The highest BCUT2D eigenvalue weighted by Gasteiger charge is 2.30. The van der Waals surface area contributed by atoms with Crippen LogP contribution in [0.15, 0.2) is 42.5 Å². The Morgan fingerprint density at radius 2 is 1.74 bits per heavy atom. The van der Waals surface area contributed by atoms with Crippen molar-refractivity contribution in [2.75, 3.05) is 11.9 Å². The Morgan fingerprint density at radius 3 is 2.26 bits per heavy atom. The topological polar surface area (TPSA) is 64.4 Å². The molecule has 0 aliphatic carbocycles. The number of hydrogen-bond acceptors (Lipinski definition) is 4. The van der Waals surface area contributed by atoms with Crippen LogP contribution in [-0.2, 0) is 6.18 Å². The fourth-order valence-electron chi connectivity index (χ4n) is 1.92. The van der Waals surface area contributed by atoms with Crippen molar-refractivity contribution in [1.82, 2.24) is 0 Å². The number of rotatable bonds is 5. The van der Waals surface area contributed by atoms with Crippen molar-refractivity contribution in [3.63, 3.8) is 0 Å². The number of benzene rings is 2. The number of nitro benzene ring substituents is 1. The molecule has 0 spiro atoms. The van der Waals surface area contributed by atoms with Crippen LogP contribution in [0.3, 0.4) is 0 Å². The fraction of sp³-hybridized carbons (Fsp3) is 0.200. The molecule has 0 aromatic heterocycles. The average molecular weight is 326 g/mol. The minimum Gasteiger partial charge on any atom is -0.457 e. The first-order valence-corrected chi connectivity index (χ1v) is 6.68. The third-order valence-electron chi connectivity index (χ3n) is 2.95. The molecule has 0 saturated heterocycles. The van der Waals surface area contributed by atoms with Gasteiger partial charge in [-0.15, -0.1) is 0 Å². The molecule has 2 aromatic carbocycles. The monoisotopic (exact) mass is 326 g/mol. The van der Waals surface area contributed by atoms with Crippen LogP contribution in [-0.4, -0.2) is 11.5 Å². The first-order valence-electron chi connectivity index (χ1n) is 6.68. The molecule has 23 heavy (non-hydrogen) atoms. The highest BCUT2D eigenvalue weighted by molar-refractivity contribution is 5.64. The van der Waals surface area contributed by atoms with Crippen molar-refractivity contribution in [3.05, 3.63) is 58.1 Å². The van der Waals surface area contributed by atoms with Crippen LogP contribution in [0.5, 0.6) is 11.5 Å². The van der Waals surface area contributed by atoms with Crippen LogP contribution in [0.4, 0.5) is 24.5 Å². The normalized spacial score (nSPS) is 11.1. The van der Waals surface area contributed by atoms with Gasteiger partial charge in [-0.25, -0.2) is 0 Å². The van der Waals surface area contributed by atoms with Crippen molar-refractivity contribution < 1.29 is 22.8 Å². The van der Waals surface area contributed by atoms with Crippen LogP contribution in [0.2, 0.25) is 0 Å². The summed E-state index contributed by atoms with van der Waals surface area (Å²) in [6.07, 6.45) is -4.41. The second-order valence-corrected chi connectivity index (χ2v) is 4.59. The molecule has 0 fully saturated rings. The SMILES string of the molecule is CCNc1cc(Oc2ccc(C(F)(F)F)cc2)ccc1[N+](=O)[O-]. The van der Waals surface area contributed by atoms with Crippen molar-refractivity contribution in [1.29, 1.82) is 0 Å². The summed E-state index contributed by atoms with van der Waals surface area (Å²) in [7, 11) is 0. The lowest BCUT2D eigenvalue weighted by atomic mass is 10.2. The molecule has 0 aliphatic heterocycles. The van der Waals surface area contributed by atoms with Gasteiger partial charge >= 0.3 is 6.18 Å². The molecule has 0 saturated carbocycles. The predicted octanol–water partition coefficient (Wildman–Crippen LogP) is 4.84. The zero-order valence-electron chi connectivity index (χ0n) is 12.1. The van der Waals surface area contributed by atoms with E-state index in [1.165, 1.54) is 30.3 Å². The molecule has 2 rings (SSSR count). The summed E-state index contributed by atoms with van der Waals surface area (Å²) in [5.41, 5.74) is -0.601. The number of nitrogens with zero attached hydrogens (tertiary/aromatic N) is 1. The maximum absolute atomic E-state index is 12.5. The number of halogens is 3. The first-order chi connectivity index (χ1) is 10.8. The molecule has 0 heterocycles. The van der Waals surface area contributed by atoms with E-state index in [9.17, 15) is 23.3 Å². The summed E-state index contributed by atoms with van der Waals surface area (Å²) in [6.45, 7) is 2.26. The lowest BCUT2D eigenvalue weighted by molar-refractivity contribution is -0.384. The van der Waals surface area contributed by atoms with E-state index in [4.69, 9.17) is 4.74 Å². The Labute approximate surface area is 129 Å². The number of hydrogen-bond donors (Lipinski definition) is 1. The lowest BCUT2D eigenvalue weighted by Gasteiger charge is -2.10. The highest BCUT2D eigenvalue weighted by atomic mass is 19.4. The predicted molar refractivity (Wildman–Crippen MR) is 78.8 cm³/mol. The van der Waals surface area contributed by atoms with E-state index >= 15 is 0 Å². The third-order valence-corrected chi connectivity index (χ3v) is 2.95. The first kappa shape index (κ1) is 16.6. The summed E-state index contributed by atoms with van der Waals surface area (Å²) < 4.78 is 42.9. The molecule has 0 atom stereocenters. The van der Waals surface area contributed by atoms with Gasteiger partial charge in [0.25, 0.3) is 5.69 Å². The van der Waals surface area contributed by atoms with Gasteiger partial charge in [-0.2, -0.15) is 13.2 Å². The van der Waals surface area contributed by atoms with Crippen LogP contribution < -0.4 is 10.1 Å². The summed E-state index contributed by atoms with van der Waals surface area (Å²) in [4.78, 5) is 10.4. The molecule has 5 nitrogen and oxygen atoms in total. The minimum absolute atomic E-state index is 0.105. The molecule has 0 amide bonds. The summed E-state index contributed by atoms with van der Waals surface area (Å²) in [5.74, 6) is 0.487. The smallest absolute Gasteiger partial charge is 0.416 e. The maximum Gasteiger partial charge on any atom is 0.416 e. The van der Waals surface area contributed by atoms with E-state index in [0.29, 0.717) is 6.54 Å². The standard InChI is InChI=1S/C15H13F3N2O3/c1-2-19-13-9-12(7-8-14(13)20(21)22)23-11-5-3-10(4-6-11)15(16,17)18/h3-9,19H,2H2,1H3. The lowest BCUT2D eigenvalue weighted by Crippen LogP contribution is -2.04. The Hall–Kier alpha value is -2.77. The average Bonchev–Trinajstić information content (AvgIpc) is 2.47. The zero-order valence-corrected chi connectivity index (χ0v) is 12.1. The molecule has 0 radical (unpaired) electrons. The van der Waals surface area contributed by atoms with Crippen LogP contribution in [0, 0.1) is 10.1 Å². The van der Waals surface area contributed by atoms with E-state index in [0.717, 1.165) is 12.1 Å². The Bertz CT molecular complexity index is 700. The molecule has 2 aromatic rings. The van der Waals surface area contributed by atoms with Gasteiger partial charge < -0.3 is 10.1 Å². The third kappa shape index (κ3) is 4.12. The molecule has 8 heteroatoms. The number of anilines is 1. The molecular formula is C15H13F3N2O3. The van der Waals surface area contributed by atoms with E-state index < -0.39 is 16.7 Å². The molecule has 1 N–H and O–H groups in total. The second kappa shape index (κ2) is 6.55. The summed E-state index contributed by atoms with van der Waals surface area (Å²) in [6, 6.07) is 8.29. The van der Waals surface area contributed by atoms with Gasteiger partial charge in [0.15, 0.2) is 0 Å². The van der Waals surface area contributed by atoms with Crippen LogP contribution >= 0.6 is 0 Å². The van der Waals surface area contributed by atoms with Gasteiger partial charge in [0.2, 0.25) is 0 Å². The molecular weight excluding hydrogens is 313 g/mol. The fourth-order valence-corrected chi connectivity index (χ4v) is 1.92. The van der Waals surface area contributed by atoms with E-state index in [1.54, 1.807) is 6.92 Å². The van der Waals surface area contributed by atoms with Gasteiger partial charge in [-0.05, 0) is 37.3 Å². The van der Waals surface area contributed by atoms with Gasteiger partial charge in [0.1, 0.15) is 17.2 Å². The zero-order chi connectivity index (χ0) is 17.0. The second-order valence-electron chi connectivity index (χ2n) is 4.59. The van der Waals surface area contributed by atoms with Gasteiger partial charge in [0.05, 0.1) is 10.5 Å². The number of alkyl halides is 3. The maximum atomic E-state index is 12.5. The largest absolute Gasteiger partial charge is 0.457 e. The van der Waals surface area contributed by atoms with E-state index in [-0.39, 0.29) is 22.9 Å². The Kier molecular flexibility index (Phi) is 4.73. The van der Waals surface area contributed by atoms with Gasteiger partial charge in [-0.1, -0.05) is 0 Å². The van der Waals surface area contributed by atoms with E-state index in [2.05, 4.69) is 5.32 Å². The van der Waals surface area contributed by atoms with E-state index in [1.807, 2.05) is 0 Å². The molecule has 122 valence electrons. The summed E-state index contributed by atoms with van der Waals surface area (Å²) >= 11 is 0. The Morgan fingerprint density at radius 1 is 1.13 bits per heavy atom. The number of nitrogens with one attached hydrogen (secondary N) is 1. The number of ether oxygens (including phenoxy) is 1. The minimum atomic E-state index is -4.41.